The lowest BCUT2D eigenvalue weighted by Crippen LogP contribution is -2.23. The average Bonchev–Trinajstić information content (AvgIpc) is 3.41. The highest BCUT2D eigenvalue weighted by Crippen LogP contribution is 2.26. The number of hydrogen-bond acceptors (Lipinski definition) is 3. The van der Waals surface area contributed by atoms with Gasteiger partial charge in [-0.15, -0.1) is 0 Å². The molecule has 3 aromatic carbocycles. The molecule has 0 saturated heterocycles. The number of carbonyl (C=O) groups excluding carboxylic acids is 1. The Balaban J connectivity index is 1.58. The van der Waals surface area contributed by atoms with Crippen LogP contribution in [0.25, 0.3) is 22.6 Å². The predicted octanol–water partition coefficient (Wildman–Crippen LogP) is 5.04. The van der Waals surface area contributed by atoms with Gasteiger partial charge >= 0.3 is 0 Å². The predicted molar refractivity (Wildman–Crippen MR) is 137 cm³/mol. The Labute approximate surface area is 207 Å². The summed E-state index contributed by atoms with van der Waals surface area (Å²) in [6.07, 6.45) is 1.59. The molecule has 0 spiro atoms. The Kier molecular flexibility index (Phi) is 5.85. The molecule has 1 N–H and O–H groups in total. The van der Waals surface area contributed by atoms with Crippen molar-refractivity contribution in [1.82, 2.24) is 19.1 Å². The third-order valence-corrected chi connectivity index (χ3v) is 6.17. The zero-order chi connectivity index (χ0) is 25.4. The van der Waals surface area contributed by atoms with Crippen LogP contribution in [0.5, 0.6) is 0 Å². The molecular weight excluding hydrogens is 457 g/mol. The number of aromatic nitrogens is 4. The van der Waals surface area contributed by atoms with Crippen LogP contribution in [-0.2, 0) is 7.05 Å². The first kappa shape index (κ1) is 23.0. The van der Waals surface area contributed by atoms with Crippen molar-refractivity contribution in [3.63, 3.8) is 0 Å². The highest BCUT2D eigenvalue weighted by atomic mass is 19.1. The summed E-state index contributed by atoms with van der Waals surface area (Å²) in [4.78, 5) is 26.9. The second-order valence-electron chi connectivity index (χ2n) is 8.57. The van der Waals surface area contributed by atoms with Crippen LogP contribution in [0.3, 0.4) is 0 Å². The molecule has 5 aromatic rings. The molecule has 2 heterocycles. The molecule has 0 aliphatic rings. The fourth-order valence-electron chi connectivity index (χ4n) is 4.08. The summed E-state index contributed by atoms with van der Waals surface area (Å²) in [6.45, 7) is 3.75. The lowest BCUT2D eigenvalue weighted by atomic mass is 10.1. The lowest BCUT2D eigenvalue weighted by molar-refractivity contribution is 0.102. The molecule has 2 aromatic heterocycles. The van der Waals surface area contributed by atoms with Crippen LogP contribution in [0.15, 0.2) is 89.9 Å². The van der Waals surface area contributed by atoms with E-state index in [9.17, 15) is 14.0 Å². The summed E-state index contributed by atoms with van der Waals surface area (Å²) < 4.78 is 18.2. The van der Waals surface area contributed by atoms with Crippen molar-refractivity contribution in [3.8, 4) is 22.6 Å². The van der Waals surface area contributed by atoms with Crippen LogP contribution < -0.4 is 10.9 Å². The van der Waals surface area contributed by atoms with E-state index < -0.39 is 5.91 Å². The third kappa shape index (κ3) is 4.13. The normalized spacial score (nSPS) is 11.0. The Morgan fingerprint density at radius 1 is 0.889 bits per heavy atom. The first-order valence-corrected chi connectivity index (χ1v) is 11.4. The molecule has 7 nitrogen and oxygen atoms in total. The molecule has 0 unspecified atom stereocenters. The number of rotatable bonds is 5. The van der Waals surface area contributed by atoms with Gasteiger partial charge in [0.15, 0.2) is 0 Å². The topological polar surface area (TPSA) is 73.8 Å². The van der Waals surface area contributed by atoms with Gasteiger partial charge in [-0.3, -0.25) is 14.3 Å². The molecule has 0 saturated carbocycles. The van der Waals surface area contributed by atoms with Gasteiger partial charge in [-0.05, 0) is 50.2 Å². The molecule has 180 valence electrons. The largest absolute Gasteiger partial charge is 0.316 e. The van der Waals surface area contributed by atoms with E-state index in [0.717, 1.165) is 11.1 Å². The molecule has 0 aliphatic heterocycles. The van der Waals surface area contributed by atoms with Gasteiger partial charge in [0.05, 0.1) is 22.6 Å². The van der Waals surface area contributed by atoms with E-state index in [4.69, 9.17) is 0 Å². The van der Waals surface area contributed by atoms with Crippen molar-refractivity contribution < 1.29 is 9.18 Å². The number of aryl methyl sites for hydroxylation is 1. The van der Waals surface area contributed by atoms with Gasteiger partial charge in [-0.2, -0.15) is 5.10 Å². The number of benzene rings is 3. The Morgan fingerprint density at radius 3 is 2.22 bits per heavy atom. The monoisotopic (exact) mass is 481 g/mol. The van der Waals surface area contributed by atoms with E-state index in [1.165, 1.54) is 21.5 Å². The van der Waals surface area contributed by atoms with Crippen molar-refractivity contribution in [2.24, 2.45) is 7.05 Å². The molecule has 0 bridgehead atoms. The standard InChI is InChI=1S/C28H24FN5O2/c1-18-9-11-20(12-10-18)26-24(17-33(31-26)22-15-13-21(29)14-16-22)27(35)30-25-19(2)32(3)34(28(25)36)23-7-5-4-6-8-23/h4-17H,1-3H3,(H,30,35). The zero-order valence-corrected chi connectivity index (χ0v) is 20.1. The van der Waals surface area contributed by atoms with Gasteiger partial charge in [0, 0.05) is 18.8 Å². The van der Waals surface area contributed by atoms with Crippen LogP contribution >= 0.6 is 0 Å². The highest BCUT2D eigenvalue weighted by Gasteiger charge is 2.23. The van der Waals surface area contributed by atoms with Crippen molar-refractivity contribution in [1.29, 1.82) is 0 Å². The fourth-order valence-corrected chi connectivity index (χ4v) is 4.08. The first-order chi connectivity index (χ1) is 17.3. The lowest BCUT2D eigenvalue weighted by Gasteiger charge is -2.07. The van der Waals surface area contributed by atoms with Crippen LogP contribution in [0.4, 0.5) is 10.1 Å². The quantitative estimate of drug-likeness (QED) is 0.382. The maximum Gasteiger partial charge on any atom is 0.295 e. The second kappa shape index (κ2) is 9.14. The van der Waals surface area contributed by atoms with E-state index in [1.807, 2.05) is 61.5 Å². The van der Waals surface area contributed by atoms with Gasteiger partial charge in [-0.25, -0.2) is 13.8 Å². The summed E-state index contributed by atoms with van der Waals surface area (Å²) in [6, 6.07) is 22.7. The molecule has 5 rings (SSSR count). The first-order valence-electron chi connectivity index (χ1n) is 11.4. The summed E-state index contributed by atoms with van der Waals surface area (Å²) in [7, 11) is 1.77. The number of para-hydroxylation sites is 1. The molecule has 0 radical (unpaired) electrons. The number of anilines is 1. The molecule has 1 amide bonds. The van der Waals surface area contributed by atoms with E-state index >= 15 is 0 Å². The van der Waals surface area contributed by atoms with Gasteiger partial charge in [0.2, 0.25) is 0 Å². The summed E-state index contributed by atoms with van der Waals surface area (Å²) in [5.41, 5.74) is 4.32. The summed E-state index contributed by atoms with van der Waals surface area (Å²) in [5, 5.41) is 7.45. The Hall–Kier alpha value is -4.72. The van der Waals surface area contributed by atoms with Crippen molar-refractivity contribution >= 4 is 11.6 Å². The zero-order valence-electron chi connectivity index (χ0n) is 20.1. The number of halogens is 1. The van der Waals surface area contributed by atoms with Crippen molar-refractivity contribution in [2.75, 3.05) is 5.32 Å². The number of amides is 1. The number of nitrogens with one attached hydrogen (secondary N) is 1. The summed E-state index contributed by atoms with van der Waals surface area (Å²) >= 11 is 0. The summed E-state index contributed by atoms with van der Waals surface area (Å²) in [5.74, 6) is -0.832. The number of carbonyl (C=O) groups is 1. The van der Waals surface area contributed by atoms with Gasteiger partial charge < -0.3 is 5.32 Å². The fraction of sp³-hybridized carbons (Fsp3) is 0.107. The number of hydrogen-bond donors (Lipinski definition) is 1. The second-order valence-corrected chi connectivity index (χ2v) is 8.57. The molecule has 0 atom stereocenters. The van der Waals surface area contributed by atoms with Crippen LogP contribution in [0.2, 0.25) is 0 Å². The molecule has 0 fully saturated rings. The van der Waals surface area contributed by atoms with E-state index in [1.54, 1.807) is 37.0 Å². The molecular formula is C28H24FN5O2. The SMILES string of the molecule is Cc1ccc(-c2nn(-c3ccc(F)cc3)cc2C(=O)Nc2c(C)n(C)n(-c3ccccc3)c2=O)cc1. The van der Waals surface area contributed by atoms with Crippen molar-refractivity contribution in [2.45, 2.75) is 13.8 Å². The molecule has 8 heteroatoms. The minimum Gasteiger partial charge on any atom is -0.316 e. The average molecular weight is 482 g/mol. The third-order valence-electron chi connectivity index (χ3n) is 6.17. The van der Waals surface area contributed by atoms with E-state index in [-0.39, 0.29) is 22.6 Å². The number of nitrogens with zero attached hydrogens (tertiary/aromatic N) is 4. The van der Waals surface area contributed by atoms with Gasteiger partial charge in [0.1, 0.15) is 17.2 Å². The van der Waals surface area contributed by atoms with Gasteiger partial charge in [0.25, 0.3) is 11.5 Å². The highest BCUT2D eigenvalue weighted by molar-refractivity contribution is 6.08. The van der Waals surface area contributed by atoms with Crippen LogP contribution in [0.1, 0.15) is 21.6 Å². The van der Waals surface area contributed by atoms with Crippen LogP contribution in [0, 0.1) is 19.7 Å². The Bertz CT molecular complexity index is 1610. The maximum atomic E-state index is 13.6. The van der Waals surface area contributed by atoms with Crippen molar-refractivity contribution in [3.05, 3.63) is 118 Å². The van der Waals surface area contributed by atoms with Gasteiger partial charge in [-0.1, -0.05) is 48.0 Å². The Morgan fingerprint density at radius 2 is 1.56 bits per heavy atom. The maximum absolute atomic E-state index is 13.6. The van der Waals surface area contributed by atoms with Crippen LogP contribution in [-0.4, -0.2) is 25.1 Å². The van der Waals surface area contributed by atoms with E-state index in [2.05, 4.69) is 10.4 Å². The minimum absolute atomic E-state index is 0.191. The minimum atomic E-state index is -0.468. The molecule has 0 aliphatic carbocycles. The van der Waals surface area contributed by atoms with E-state index in [0.29, 0.717) is 22.8 Å². The smallest absolute Gasteiger partial charge is 0.295 e. The molecule has 36 heavy (non-hydrogen) atoms.